The maximum absolute atomic E-state index is 12.1. The van der Waals surface area contributed by atoms with Crippen LogP contribution in [0.2, 0.25) is 0 Å². The van der Waals surface area contributed by atoms with Crippen molar-refractivity contribution in [3.8, 4) is 0 Å². The average Bonchev–Trinajstić information content (AvgIpc) is 3.05. The molecule has 6 heteroatoms. The predicted octanol–water partition coefficient (Wildman–Crippen LogP) is 3.09. The Hall–Kier alpha value is -1.69. The number of aryl methyl sites for hydroxylation is 3. The molecule has 0 radical (unpaired) electrons. The van der Waals surface area contributed by atoms with E-state index >= 15 is 0 Å². The van der Waals surface area contributed by atoms with E-state index in [0.29, 0.717) is 6.04 Å². The molecule has 2 aromatic heterocycles. The lowest BCUT2D eigenvalue weighted by molar-refractivity contribution is -0.120. The maximum atomic E-state index is 12.1. The molecule has 5 nitrogen and oxygen atoms in total. The van der Waals surface area contributed by atoms with Gasteiger partial charge in [0.15, 0.2) is 0 Å². The van der Waals surface area contributed by atoms with Gasteiger partial charge in [-0.1, -0.05) is 12.8 Å². The third-order valence-corrected chi connectivity index (χ3v) is 5.38. The molecule has 2 aromatic rings. The van der Waals surface area contributed by atoms with Crippen molar-refractivity contribution in [1.82, 2.24) is 15.3 Å². The van der Waals surface area contributed by atoms with Gasteiger partial charge < -0.3 is 10.6 Å². The number of fused-ring (bicyclic) bond motifs is 1. The highest BCUT2D eigenvalue weighted by molar-refractivity contribution is 7.18. The van der Waals surface area contributed by atoms with Crippen LogP contribution in [0.4, 0.5) is 5.82 Å². The number of anilines is 1. The molecule has 2 heterocycles. The summed E-state index contributed by atoms with van der Waals surface area (Å²) in [5.74, 6) is 1.54. The van der Waals surface area contributed by atoms with Crippen molar-refractivity contribution in [3.05, 3.63) is 16.3 Å². The van der Waals surface area contributed by atoms with Crippen LogP contribution < -0.4 is 10.6 Å². The van der Waals surface area contributed by atoms with Gasteiger partial charge in [-0.25, -0.2) is 9.97 Å². The monoisotopic (exact) mass is 318 g/mol. The highest BCUT2D eigenvalue weighted by Gasteiger charge is 2.18. The van der Waals surface area contributed by atoms with E-state index < -0.39 is 0 Å². The fraction of sp³-hybridized carbons (Fsp3) is 0.562. The normalized spacial score (nSPS) is 15.4. The first-order valence-electron chi connectivity index (χ1n) is 7.82. The van der Waals surface area contributed by atoms with Crippen LogP contribution in [-0.4, -0.2) is 28.5 Å². The smallest absolute Gasteiger partial charge is 0.239 e. The molecule has 2 N–H and O–H groups in total. The quantitative estimate of drug-likeness (QED) is 0.909. The third kappa shape index (κ3) is 3.06. The van der Waals surface area contributed by atoms with Crippen molar-refractivity contribution < 1.29 is 4.79 Å². The SMILES string of the molecule is Cc1nc(NCC(=O)NC2CCCC2)c2c(C)c(C)sc2n1. The summed E-state index contributed by atoms with van der Waals surface area (Å²) in [4.78, 5) is 23.3. The van der Waals surface area contributed by atoms with Gasteiger partial charge in [0, 0.05) is 10.9 Å². The lowest BCUT2D eigenvalue weighted by Gasteiger charge is -2.13. The fourth-order valence-electron chi connectivity index (χ4n) is 3.00. The number of rotatable bonds is 4. The second-order valence-electron chi connectivity index (χ2n) is 5.99. The Morgan fingerprint density at radius 3 is 2.68 bits per heavy atom. The van der Waals surface area contributed by atoms with Crippen LogP contribution in [0.5, 0.6) is 0 Å². The zero-order valence-electron chi connectivity index (χ0n) is 13.3. The van der Waals surface area contributed by atoms with E-state index in [2.05, 4.69) is 34.4 Å². The molecule has 118 valence electrons. The molecule has 0 aromatic carbocycles. The van der Waals surface area contributed by atoms with Gasteiger partial charge in [0.05, 0.1) is 11.9 Å². The van der Waals surface area contributed by atoms with Gasteiger partial charge >= 0.3 is 0 Å². The molecule has 1 amide bonds. The van der Waals surface area contributed by atoms with Crippen LogP contribution in [0.3, 0.4) is 0 Å². The molecule has 0 bridgehead atoms. The number of nitrogens with one attached hydrogen (secondary N) is 2. The Kier molecular flexibility index (Phi) is 4.29. The van der Waals surface area contributed by atoms with E-state index in [-0.39, 0.29) is 12.5 Å². The Morgan fingerprint density at radius 2 is 1.95 bits per heavy atom. The molecule has 0 saturated heterocycles. The summed E-state index contributed by atoms with van der Waals surface area (Å²) in [6.45, 7) is 6.31. The zero-order valence-corrected chi connectivity index (χ0v) is 14.1. The molecule has 1 saturated carbocycles. The number of hydrogen-bond acceptors (Lipinski definition) is 5. The minimum absolute atomic E-state index is 0.0425. The number of hydrogen-bond donors (Lipinski definition) is 2. The lowest BCUT2D eigenvalue weighted by atomic mass is 10.2. The minimum atomic E-state index is 0.0425. The summed E-state index contributed by atoms with van der Waals surface area (Å²) < 4.78 is 0. The van der Waals surface area contributed by atoms with Gasteiger partial charge in [-0.05, 0) is 39.2 Å². The van der Waals surface area contributed by atoms with Crippen molar-refractivity contribution in [2.24, 2.45) is 0 Å². The Morgan fingerprint density at radius 1 is 1.23 bits per heavy atom. The Labute approximate surface area is 134 Å². The van der Waals surface area contributed by atoms with Crippen molar-refractivity contribution in [1.29, 1.82) is 0 Å². The molecular weight excluding hydrogens is 296 g/mol. The summed E-state index contributed by atoms with van der Waals surface area (Å²) in [5, 5.41) is 7.33. The Balaban J connectivity index is 1.74. The molecule has 22 heavy (non-hydrogen) atoms. The first-order chi connectivity index (χ1) is 10.5. The molecule has 0 spiro atoms. The van der Waals surface area contributed by atoms with E-state index in [0.717, 1.165) is 34.7 Å². The molecule has 1 aliphatic carbocycles. The van der Waals surface area contributed by atoms with Crippen LogP contribution >= 0.6 is 11.3 Å². The first-order valence-corrected chi connectivity index (χ1v) is 8.64. The van der Waals surface area contributed by atoms with Crippen molar-refractivity contribution in [2.75, 3.05) is 11.9 Å². The molecule has 0 aliphatic heterocycles. The molecule has 0 unspecified atom stereocenters. The number of aromatic nitrogens is 2. The summed E-state index contributed by atoms with van der Waals surface area (Å²) >= 11 is 1.68. The van der Waals surface area contributed by atoms with E-state index in [1.165, 1.54) is 23.3 Å². The van der Waals surface area contributed by atoms with E-state index in [1.807, 2.05) is 6.92 Å². The van der Waals surface area contributed by atoms with Crippen LogP contribution in [0.25, 0.3) is 10.2 Å². The largest absolute Gasteiger partial charge is 0.360 e. The average molecular weight is 318 g/mol. The summed E-state index contributed by atoms with van der Waals surface area (Å²) in [6.07, 6.45) is 4.64. The summed E-state index contributed by atoms with van der Waals surface area (Å²) in [5.41, 5.74) is 1.19. The number of amides is 1. The highest BCUT2D eigenvalue weighted by Crippen LogP contribution is 2.33. The van der Waals surface area contributed by atoms with Gasteiger partial charge in [0.2, 0.25) is 5.91 Å². The first kappa shape index (κ1) is 15.2. The van der Waals surface area contributed by atoms with Crippen LogP contribution in [0, 0.1) is 20.8 Å². The minimum Gasteiger partial charge on any atom is -0.360 e. The second kappa shape index (κ2) is 6.20. The van der Waals surface area contributed by atoms with Gasteiger partial charge in [-0.2, -0.15) is 0 Å². The standard InChI is InChI=1S/C16H22N4OS/c1-9-10(2)22-16-14(9)15(18-11(3)19-16)17-8-13(21)20-12-6-4-5-7-12/h12H,4-8H2,1-3H3,(H,20,21)(H,17,18,19). The summed E-state index contributed by atoms with van der Waals surface area (Å²) in [6, 6.07) is 0.353. The molecular formula is C16H22N4OS. The van der Waals surface area contributed by atoms with E-state index in [1.54, 1.807) is 11.3 Å². The third-order valence-electron chi connectivity index (χ3n) is 4.28. The van der Waals surface area contributed by atoms with Gasteiger partial charge in [-0.3, -0.25) is 4.79 Å². The summed E-state index contributed by atoms with van der Waals surface area (Å²) in [7, 11) is 0. The number of nitrogens with zero attached hydrogens (tertiary/aromatic N) is 2. The van der Waals surface area contributed by atoms with Gasteiger partial charge in [0.1, 0.15) is 16.5 Å². The second-order valence-corrected chi connectivity index (χ2v) is 7.19. The Bertz CT molecular complexity index is 704. The van der Waals surface area contributed by atoms with Crippen molar-refractivity contribution in [3.63, 3.8) is 0 Å². The molecule has 3 rings (SSSR count). The van der Waals surface area contributed by atoms with Crippen molar-refractivity contribution >= 4 is 33.3 Å². The van der Waals surface area contributed by atoms with Gasteiger partial charge in [0.25, 0.3) is 0 Å². The van der Waals surface area contributed by atoms with E-state index in [4.69, 9.17) is 0 Å². The van der Waals surface area contributed by atoms with Crippen LogP contribution in [0.15, 0.2) is 0 Å². The van der Waals surface area contributed by atoms with Gasteiger partial charge in [-0.15, -0.1) is 11.3 Å². The maximum Gasteiger partial charge on any atom is 0.239 e. The lowest BCUT2D eigenvalue weighted by Crippen LogP contribution is -2.36. The number of thiophene rings is 1. The fourth-order valence-corrected chi connectivity index (χ4v) is 4.07. The highest BCUT2D eigenvalue weighted by atomic mass is 32.1. The molecule has 0 atom stereocenters. The topological polar surface area (TPSA) is 66.9 Å². The zero-order chi connectivity index (χ0) is 15.7. The van der Waals surface area contributed by atoms with Crippen LogP contribution in [0.1, 0.15) is 41.9 Å². The number of carbonyl (C=O) groups is 1. The molecule has 1 fully saturated rings. The number of carbonyl (C=O) groups excluding carboxylic acids is 1. The predicted molar refractivity (Wildman–Crippen MR) is 90.5 cm³/mol. The van der Waals surface area contributed by atoms with E-state index in [9.17, 15) is 4.79 Å². The van der Waals surface area contributed by atoms with Crippen LogP contribution in [-0.2, 0) is 4.79 Å². The van der Waals surface area contributed by atoms with Crippen molar-refractivity contribution in [2.45, 2.75) is 52.5 Å². The molecule has 1 aliphatic rings.